The van der Waals surface area contributed by atoms with Gasteiger partial charge in [-0.15, -0.1) is 0 Å². The van der Waals surface area contributed by atoms with Crippen LogP contribution in [0.15, 0.2) is 24.3 Å². The summed E-state index contributed by atoms with van der Waals surface area (Å²) in [6.45, 7) is 2.76. The van der Waals surface area contributed by atoms with Crippen molar-refractivity contribution in [3.05, 3.63) is 29.8 Å². The molecule has 0 radical (unpaired) electrons. The molecule has 0 aliphatic heterocycles. The van der Waals surface area contributed by atoms with Crippen LogP contribution in [0, 0.1) is 0 Å². The van der Waals surface area contributed by atoms with Crippen LogP contribution in [0.5, 0.6) is 5.75 Å². The molecule has 0 bridgehead atoms. The first-order valence-electron chi connectivity index (χ1n) is 5.70. The van der Waals surface area contributed by atoms with Gasteiger partial charge in [-0.2, -0.15) is 0 Å². The molecule has 0 saturated heterocycles. The summed E-state index contributed by atoms with van der Waals surface area (Å²) in [7, 11) is 3.11. The molecule has 0 fully saturated rings. The van der Waals surface area contributed by atoms with E-state index in [4.69, 9.17) is 9.47 Å². The topological polar surface area (TPSA) is 47.6 Å². The van der Waals surface area contributed by atoms with Gasteiger partial charge in [-0.25, -0.2) is 4.79 Å². The molecule has 4 nitrogen and oxygen atoms in total. The van der Waals surface area contributed by atoms with Gasteiger partial charge in [0.05, 0.1) is 13.7 Å². The molecule has 1 aromatic carbocycles. The lowest BCUT2D eigenvalue weighted by molar-refractivity contribution is -0.143. The van der Waals surface area contributed by atoms with Crippen LogP contribution in [0.2, 0.25) is 0 Å². The van der Waals surface area contributed by atoms with E-state index >= 15 is 0 Å². The van der Waals surface area contributed by atoms with Crippen molar-refractivity contribution in [2.24, 2.45) is 0 Å². The molecule has 0 aromatic heterocycles. The van der Waals surface area contributed by atoms with Crippen molar-refractivity contribution in [3.8, 4) is 5.75 Å². The van der Waals surface area contributed by atoms with E-state index in [0.29, 0.717) is 6.61 Å². The van der Waals surface area contributed by atoms with E-state index < -0.39 is 6.04 Å². The molecule has 0 spiro atoms. The molecule has 17 heavy (non-hydrogen) atoms. The van der Waals surface area contributed by atoms with Crippen molar-refractivity contribution in [2.45, 2.75) is 19.4 Å². The minimum Gasteiger partial charge on any atom is -0.494 e. The predicted molar refractivity (Wildman–Crippen MR) is 66.0 cm³/mol. The summed E-state index contributed by atoms with van der Waals surface area (Å²) in [6.07, 6.45) is 0.975. The fraction of sp³-hybridized carbons (Fsp3) is 0.462. The molecule has 0 saturated carbocycles. The number of benzene rings is 1. The Bertz CT molecular complexity index is 348. The summed E-state index contributed by atoms with van der Waals surface area (Å²) in [5, 5.41) is 2.92. The molecule has 1 atom stereocenters. The summed E-state index contributed by atoms with van der Waals surface area (Å²) in [5.41, 5.74) is 0.864. The number of ether oxygens (including phenoxy) is 2. The van der Waals surface area contributed by atoms with E-state index in [1.165, 1.54) is 7.11 Å². The zero-order chi connectivity index (χ0) is 12.7. The number of hydrogen-bond donors (Lipinski definition) is 1. The van der Waals surface area contributed by atoms with Gasteiger partial charge in [0.25, 0.3) is 0 Å². The van der Waals surface area contributed by atoms with Gasteiger partial charge in [0.2, 0.25) is 0 Å². The van der Waals surface area contributed by atoms with Gasteiger partial charge in [-0.1, -0.05) is 19.1 Å². The van der Waals surface area contributed by atoms with Gasteiger partial charge >= 0.3 is 5.97 Å². The Hall–Kier alpha value is -1.55. The van der Waals surface area contributed by atoms with Crippen LogP contribution >= 0.6 is 0 Å². The highest BCUT2D eigenvalue weighted by Gasteiger charge is 2.18. The predicted octanol–water partition coefficient (Wildman–Crippen LogP) is 1.91. The summed E-state index contributed by atoms with van der Waals surface area (Å²) < 4.78 is 10.2. The van der Waals surface area contributed by atoms with Gasteiger partial charge in [-0.05, 0) is 31.2 Å². The SMILES string of the molecule is CCCOc1ccc(C(NC)C(=O)OC)cc1. The number of nitrogens with one attached hydrogen (secondary N) is 1. The van der Waals surface area contributed by atoms with Crippen molar-refractivity contribution in [1.82, 2.24) is 5.32 Å². The van der Waals surface area contributed by atoms with Crippen LogP contribution < -0.4 is 10.1 Å². The van der Waals surface area contributed by atoms with Crippen LogP contribution in [-0.4, -0.2) is 26.7 Å². The Kier molecular flexibility index (Phi) is 5.49. The van der Waals surface area contributed by atoms with Crippen LogP contribution in [0.4, 0.5) is 0 Å². The van der Waals surface area contributed by atoms with Crippen molar-refractivity contribution in [1.29, 1.82) is 0 Å². The maximum Gasteiger partial charge on any atom is 0.327 e. The third kappa shape index (κ3) is 3.75. The van der Waals surface area contributed by atoms with Crippen LogP contribution in [0.3, 0.4) is 0 Å². The highest BCUT2D eigenvalue weighted by Crippen LogP contribution is 2.18. The normalized spacial score (nSPS) is 11.9. The quantitative estimate of drug-likeness (QED) is 0.768. The third-order valence-electron chi connectivity index (χ3n) is 2.41. The molecule has 1 rings (SSSR count). The summed E-state index contributed by atoms with van der Waals surface area (Å²) in [6, 6.07) is 7.02. The number of carbonyl (C=O) groups excluding carboxylic acids is 1. The second-order valence-corrected chi connectivity index (χ2v) is 3.66. The Morgan fingerprint density at radius 1 is 1.35 bits per heavy atom. The summed E-state index contributed by atoms with van der Waals surface area (Å²) in [5.74, 6) is 0.519. The van der Waals surface area contributed by atoms with Crippen LogP contribution in [-0.2, 0) is 9.53 Å². The van der Waals surface area contributed by atoms with Gasteiger partial charge in [0.15, 0.2) is 0 Å². The lowest BCUT2D eigenvalue weighted by atomic mass is 10.1. The second kappa shape index (κ2) is 6.91. The lowest BCUT2D eigenvalue weighted by Gasteiger charge is -2.14. The van der Waals surface area contributed by atoms with Crippen LogP contribution in [0.1, 0.15) is 24.9 Å². The summed E-state index contributed by atoms with van der Waals surface area (Å²) >= 11 is 0. The fourth-order valence-electron chi connectivity index (χ4n) is 1.51. The number of carbonyl (C=O) groups is 1. The number of hydrogen-bond acceptors (Lipinski definition) is 4. The first kappa shape index (κ1) is 13.5. The molecule has 0 aliphatic carbocycles. The standard InChI is InChI=1S/C13H19NO3/c1-4-9-17-11-7-5-10(6-8-11)12(14-2)13(15)16-3/h5-8,12,14H,4,9H2,1-3H3. The molecular formula is C13H19NO3. The molecule has 0 aliphatic rings. The van der Waals surface area contributed by atoms with Crippen molar-refractivity contribution < 1.29 is 14.3 Å². The Labute approximate surface area is 102 Å². The van der Waals surface area contributed by atoms with E-state index in [1.54, 1.807) is 7.05 Å². The van der Waals surface area contributed by atoms with Gasteiger partial charge in [-0.3, -0.25) is 0 Å². The van der Waals surface area contributed by atoms with E-state index in [0.717, 1.165) is 17.7 Å². The first-order valence-corrected chi connectivity index (χ1v) is 5.70. The fourth-order valence-corrected chi connectivity index (χ4v) is 1.51. The lowest BCUT2D eigenvalue weighted by Crippen LogP contribution is -2.26. The van der Waals surface area contributed by atoms with E-state index in [-0.39, 0.29) is 5.97 Å². The largest absolute Gasteiger partial charge is 0.494 e. The Morgan fingerprint density at radius 3 is 2.47 bits per heavy atom. The first-order chi connectivity index (χ1) is 8.22. The molecule has 1 aromatic rings. The van der Waals surface area contributed by atoms with Crippen molar-refractivity contribution in [2.75, 3.05) is 20.8 Å². The Morgan fingerprint density at radius 2 is 2.00 bits per heavy atom. The molecule has 4 heteroatoms. The van der Waals surface area contributed by atoms with Gasteiger partial charge in [0, 0.05) is 0 Å². The van der Waals surface area contributed by atoms with Crippen molar-refractivity contribution in [3.63, 3.8) is 0 Å². The molecule has 0 heterocycles. The van der Waals surface area contributed by atoms with Crippen molar-refractivity contribution >= 4 is 5.97 Å². The average Bonchev–Trinajstić information content (AvgIpc) is 2.38. The molecule has 94 valence electrons. The highest BCUT2D eigenvalue weighted by molar-refractivity contribution is 5.77. The van der Waals surface area contributed by atoms with E-state index in [2.05, 4.69) is 12.2 Å². The van der Waals surface area contributed by atoms with E-state index in [1.807, 2.05) is 24.3 Å². The smallest absolute Gasteiger partial charge is 0.327 e. The average molecular weight is 237 g/mol. The molecule has 1 unspecified atom stereocenters. The number of esters is 1. The second-order valence-electron chi connectivity index (χ2n) is 3.66. The molecular weight excluding hydrogens is 218 g/mol. The highest BCUT2D eigenvalue weighted by atomic mass is 16.5. The number of methoxy groups -OCH3 is 1. The summed E-state index contributed by atoms with van der Waals surface area (Å²) in [4.78, 5) is 11.5. The van der Waals surface area contributed by atoms with Gasteiger partial charge in [0.1, 0.15) is 11.8 Å². The molecule has 1 N–H and O–H groups in total. The minimum atomic E-state index is -0.430. The third-order valence-corrected chi connectivity index (χ3v) is 2.41. The number of rotatable bonds is 6. The maximum atomic E-state index is 11.5. The maximum absolute atomic E-state index is 11.5. The Balaban J connectivity index is 2.74. The zero-order valence-electron chi connectivity index (χ0n) is 10.5. The number of likely N-dealkylation sites (N-methyl/N-ethyl adjacent to an activating group) is 1. The van der Waals surface area contributed by atoms with Gasteiger partial charge < -0.3 is 14.8 Å². The minimum absolute atomic E-state index is 0.297. The molecule has 0 amide bonds. The van der Waals surface area contributed by atoms with Crippen LogP contribution in [0.25, 0.3) is 0 Å². The van der Waals surface area contributed by atoms with E-state index in [9.17, 15) is 4.79 Å². The monoisotopic (exact) mass is 237 g/mol. The zero-order valence-corrected chi connectivity index (χ0v) is 10.5.